The number of nitrogens with zero attached hydrogens (tertiary/aromatic N) is 3. The van der Waals surface area contributed by atoms with Gasteiger partial charge in [-0.1, -0.05) is 13.0 Å². The van der Waals surface area contributed by atoms with E-state index in [-0.39, 0.29) is 0 Å². The van der Waals surface area contributed by atoms with Crippen molar-refractivity contribution in [2.75, 3.05) is 18.4 Å². The van der Waals surface area contributed by atoms with Crippen LogP contribution in [0, 0.1) is 0 Å². The van der Waals surface area contributed by atoms with Crippen molar-refractivity contribution in [1.82, 2.24) is 14.9 Å². The molecule has 2 rings (SSSR count). The van der Waals surface area contributed by atoms with E-state index < -0.39 is 5.91 Å². The second kappa shape index (κ2) is 9.46. The van der Waals surface area contributed by atoms with Gasteiger partial charge in [0.05, 0.1) is 5.69 Å². The smallest absolute Gasteiger partial charge is 0.248 e. The van der Waals surface area contributed by atoms with Crippen LogP contribution in [0.25, 0.3) is 11.3 Å². The summed E-state index contributed by atoms with van der Waals surface area (Å²) in [5, 5.41) is 3.32. The number of carbonyl (C=O) groups is 1. The molecule has 146 valence electrons. The minimum Gasteiger partial charge on any atom is -0.366 e. The second-order valence-corrected chi connectivity index (χ2v) is 7.21. The molecule has 1 aromatic carbocycles. The summed E-state index contributed by atoms with van der Waals surface area (Å²) in [5.41, 5.74) is 8.71. The molecule has 0 bridgehead atoms. The number of anilines is 1. The van der Waals surface area contributed by atoms with Gasteiger partial charge >= 0.3 is 0 Å². The van der Waals surface area contributed by atoms with Gasteiger partial charge < -0.3 is 11.1 Å². The number of aryl methyl sites for hydroxylation is 1. The van der Waals surface area contributed by atoms with E-state index in [9.17, 15) is 4.79 Å². The van der Waals surface area contributed by atoms with Gasteiger partial charge in [0.15, 0.2) is 0 Å². The van der Waals surface area contributed by atoms with Gasteiger partial charge in [-0.05, 0) is 57.9 Å². The van der Waals surface area contributed by atoms with Crippen LogP contribution in [-0.2, 0) is 6.42 Å². The molecule has 0 aliphatic carbocycles. The van der Waals surface area contributed by atoms with Gasteiger partial charge in [0.25, 0.3) is 0 Å². The molecule has 0 aliphatic rings. The van der Waals surface area contributed by atoms with E-state index in [0.717, 1.165) is 36.3 Å². The Morgan fingerprint density at radius 2 is 1.89 bits per heavy atom. The van der Waals surface area contributed by atoms with Gasteiger partial charge in [-0.3, -0.25) is 9.69 Å². The Hall–Kier alpha value is -2.47. The fraction of sp³-hybridized carbons (Fsp3) is 0.476. The molecule has 0 radical (unpaired) electrons. The number of nitrogens with two attached hydrogens (primary N) is 1. The van der Waals surface area contributed by atoms with Gasteiger partial charge in [0.2, 0.25) is 11.9 Å². The van der Waals surface area contributed by atoms with Crippen LogP contribution in [0.3, 0.4) is 0 Å². The summed E-state index contributed by atoms with van der Waals surface area (Å²) in [5.74, 6) is 0.209. The van der Waals surface area contributed by atoms with Gasteiger partial charge in [0, 0.05) is 42.5 Å². The predicted molar refractivity (Wildman–Crippen MR) is 111 cm³/mol. The number of nitrogens with one attached hydrogen (secondary N) is 1. The van der Waals surface area contributed by atoms with Crippen molar-refractivity contribution in [2.45, 2.75) is 53.1 Å². The molecular formula is C21H31N5O. The maximum atomic E-state index is 11.5. The zero-order chi connectivity index (χ0) is 20.0. The van der Waals surface area contributed by atoms with E-state index >= 15 is 0 Å². The third kappa shape index (κ3) is 5.50. The molecule has 0 spiro atoms. The Bertz CT molecular complexity index is 765. The van der Waals surface area contributed by atoms with Crippen LogP contribution in [0.1, 0.15) is 50.5 Å². The predicted octanol–water partition coefficient (Wildman–Crippen LogP) is 3.34. The largest absolute Gasteiger partial charge is 0.366 e. The number of benzene rings is 1. The molecule has 1 aromatic heterocycles. The summed E-state index contributed by atoms with van der Waals surface area (Å²) < 4.78 is 0. The fourth-order valence-electron chi connectivity index (χ4n) is 3.30. The third-order valence-electron chi connectivity index (χ3n) is 4.68. The molecule has 3 N–H and O–H groups in total. The van der Waals surface area contributed by atoms with Crippen LogP contribution < -0.4 is 11.1 Å². The average Bonchev–Trinajstić information content (AvgIpc) is 2.64. The van der Waals surface area contributed by atoms with E-state index in [0.29, 0.717) is 23.6 Å². The van der Waals surface area contributed by atoms with Crippen molar-refractivity contribution in [3.63, 3.8) is 0 Å². The first-order valence-electron chi connectivity index (χ1n) is 9.59. The maximum absolute atomic E-state index is 11.5. The van der Waals surface area contributed by atoms with Crippen LogP contribution in [0.2, 0.25) is 0 Å². The lowest BCUT2D eigenvalue weighted by Gasteiger charge is -2.30. The number of aromatic nitrogens is 2. The van der Waals surface area contributed by atoms with Crippen molar-refractivity contribution in [1.29, 1.82) is 0 Å². The lowest BCUT2D eigenvalue weighted by molar-refractivity contribution is 0.0999. The molecule has 0 unspecified atom stereocenters. The summed E-state index contributed by atoms with van der Waals surface area (Å²) >= 11 is 0. The van der Waals surface area contributed by atoms with Gasteiger partial charge in [-0.2, -0.15) is 0 Å². The topological polar surface area (TPSA) is 84.1 Å². The number of carbonyl (C=O) groups excluding carboxylic acids is 1. The normalized spacial score (nSPS) is 11.4. The number of amides is 1. The molecule has 6 nitrogen and oxygen atoms in total. The highest BCUT2D eigenvalue weighted by Gasteiger charge is 2.13. The minimum atomic E-state index is -0.400. The van der Waals surface area contributed by atoms with Crippen molar-refractivity contribution in [3.8, 4) is 11.3 Å². The molecule has 0 fully saturated rings. The number of hydrogen-bond donors (Lipinski definition) is 2. The molecule has 0 saturated carbocycles. The quantitative estimate of drug-likeness (QED) is 0.708. The third-order valence-corrected chi connectivity index (χ3v) is 4.68. The highest BCUT2D eigenvalue weighted by Crippen LogP contribution is 2.22. The summed E-state index contributed by atoms with van der Waals surface area (Å²) in [6, 6.07) is 8.49. The average molecular weight is 370 g/mol. The number of hydrogen-bond acceptors (Lipinski definition) is 5. The zero-order valence-corrected chi connectivity index (χ0v) is 17.0. The second-order valence-electron chi connectivity index (χ2n) is 7.21. The fourth-order valence-corrected chi connectivity index (χ4v) is 3.30. The Morgan fingerprint density at radius 3 is 2.48 bits per heavy atom. The van der Waals surface area contributed by atoms with Crippen LogP contribution in [0.4, 0.5) is 5.95 Å². The van der Waals surface area contributed by atoms with Crippen molar-refractivity contribution >= 4 is 11.9 Å². The molecule has 0 aliphatic heterocycles. The minimum absolute atomic E-state index is 0.400. The molecule has 6 heteroatoms. The first-order valence-corrected chi connectivity index (χ1v) is 9.59. The van der Waals surface area contributed by atoms with Crippen molar-refractivity contribution in [3.05, 3.63) is 41.6 Å². The van der Waals surface area contributed by atoms with Gasteiger partial charge in [-0.15, -0.1) is 0 Å². The Morgan fingerprint density at radius 1 is 1.19 bits per heavy atom. The maximum Gasteiger partial charge on any atom is 0.248 e. The highest BCUT2D eigenvalue weighted by atomic mass is 16.1. The molecule has 0 atom stereocenters. The van der Waals surface area contributed by atoms with E-state index in [4.69, 9.17) is 5.73 Å². The zero-order valence-electron chi connectivity index (χ0n) is 17.0. The summed E-state index contributed by atoms with van der Waals surface area (Å²) in [4.78, 5) is 22.9. The molecule has 0 saturated heterocycles. The van der Waals surface area contributed by atoms with Crippen molar-refractivity contribution in [2.24, 2.45) is 5.73 Å². The van der Waals surface area contributed by atoms with Crippen LogP contribution in [0.5, 0.6) is 0 Å². The Balaban J connectivity index is 2.12. The molecule has 27 heavy (non-hydrogen) atoms. The lowest BCUT2D eigenvalue weighted by Crippen LogP contribution is -2.40. The van der Waals surface area contributed by atoms with E-state index in [1.165, 1.54) is 0 Å². The first kappa shape index (κ1) is 20.8. The lowest BCUT2D eigenvalue weighted by atomic mass is 10.00. The monoisotopic (exact) mass is 369 g/mol. The van der Waals surface area contributed by atoms with E-state index in [1.54, 1.807) is 12.3 Å². The molecule has 1 amide bonds. The Kier molecular flexibility index (Phi) is 7.30. The van der Waals surface area contributed by atoms with Crippen LogP contribution >= 0.6 is 0 Å². The SMILES string of the molecule is CCc1cc(-c2ccnc(NCCN(C(C)C)C(C)C)n2)ccc1C(N)=O. The Labute approximate surface area is 162 Å². The number of primary amides is 1. The van der Waals surface area contributed by atoms with Crippen LogP contribution in [0.15, 0.2) is 30.5 Å². The molecule has 1 heterocycles. The first-order chi connectivity index (χ1) is 12.8. The standard InChI is InChI=1S/C21H31N5O/c1-6-16-13-17(7-8-18(16)20(22)27)19-9-10-23-21(25-19)24-11-12-26(14(2)3)15(4)5/h7-10,13-15H,6,11-12H2,1-5H3,(H2,22,27)(H,23,24,25). The number of rotatable bonds is 9. The van der Waals surface area contributed by atoms with Crippen LogP contribution in [-0.4, -0.2) is 45.9 Å². The van der Waals surface area contributed by atoms with Crippen molar-refractivity contribution < 1.29 is 4.79 Å². The van der Waals surface area contributed by atoms with Gasteiger partial charge in [-0.25, -0.2) is 9.97 Å². The van der Waals surface area contributed by atoms with E-state index in [1.807, 2.05) is 25.1 Å². The molecule has 2 aromatic rings. The molecular weight excluding hydrogens is 338 g/mol. The van der Waals surface area contributed by atoms with E-state index in [2.05, 4.69) is 47.9 Å². The summed E-state index contributed by atoms with van der Waals surface area (Å²) in [7, 11) is 0. The highest BCUT2D eigenvalue weighted by molar-refractivity contribution is 5.95. The summed E-state index contributed by atoms with van der Waals surface area (Å²) in [6.07, 6.45) is 2.49. The summed E-state index contributed by atoms with van der Waals surface area (Å²) in [6.45, 7) is 12.5. The van der Waals surface area contributed by atoms with Gasteiger partial charge in [0.1, 0.15) is 0 Å².